The van der Waals surface area contributed by atoms with Crippen LogP contribution >= 0.6 is 23.5 Å². The van der Waals surface area contributed by atoms with Gasteiger partial charge in [0, 0.05) is 18.1 Å². The SMILES string of the molecule is Cc1ccc(S(=O)(=O)N2SC(N3CCOCC3)=C(C#N)C2c2ccc(Cl)cc2)cc1. The Labute approximate surface area is 185 Å². The zero-order valence-corrected chi connectivity index (χ0v) is 18.7. The van der Waals surface area contributed by atoms with E-state index in [1.807, 2.05) is 11.8 Å². The van der Waals surface area contributed by atoms with Gasteiger partial charge in [-0.3, -0.25) is 0 Å². The molecule has 2 heterocycles. The summed E-state index contributed by atoms with van der Waals surface area (Å²) in [5.74, 6) is 0. The van der Waals surface area contributed by atoms with Gasteiger partial charge in [-0.2, -0.15) is 5.26 Å². The van der Waals surface area contributed by atoms with Gasteiger partial charge >= 0.3 is 0 Å². The van der Waals surface area contributed by atoms with Crippen molar-refractivity contribution in [1.29, 1.82) is 5.26 Å². The van der Waals surface area contributed by atoms with Gasteiger partial charge in [-0.1, -0.05) is 41.4 Å². The number of benzene rings is 2. The van der Waals surface area contributed by atoms with E-state index in [0.29, 0.717) is 47.5 Å². The Balaban J connectivity index is 1.82. The van der Waals surface area contributed by atoms with Crippen LogP contribution in [0.25, 0.3) is 0 Å². The summed E-state index contributed by atoms with van der Waals surface area (Å²) in [6.07, 6.45) is 0. The monoisotopic (exact) mass is 461 g/mol. The van der Waals surface area contributed by atoms with Gasteiger partial charge in [-0.25, -0.2) is 8.42 Å². The number of aryl methyl sites for hydroxylation is 1. The van der Waals surface area contributed by atoms with Crippen molar-refractivity contribution in [2.24, 2.45) is 0 Å². The lowest BCUT2D eigenvalue weighted by Gasteiger charge is -2.29. The Morgan fingerprint density at radius 1 is 1.10 bits per heavy atom. The summed E-state index contributed by atoms with van der Waals surface area (Å²) in [5.41, 5.74) is 2.09. The lowest BCUT2D eigenvalue weighted by molar-refractivity contribution is 0.0574. The number of hydrogen-bond acceptors (Lipinski definition) is 6. The van der Waals surface area contributed by atoms with Crippen molar-refractivity contribution in [3.05, 3.63) is 75.3 Å². The van der Waals surface area contributed by atoms with Crippen LogP contribution in [0.4, 0.5) is 0 Å². The van der Waals surface area contributed by atoms with Crippen molar-refractivity contribution in [2.75, 3.05) is 26.3 Å². The van der Waals surface area contributed by atoms with Gasteiger partial charge in [-0.15, -0.1) is 3.71 Å². The molecule has 1 atom stereocenters. The second-order valence-electron chi connectivity index (χ2n) is 7.05. The lowest BCUT2D eigenvalue weighted by Crippen LogP contribution is -2.35. The maximum Gasteiger partial charge on any atom is 0.253 e. The van der Waals surface area contributed by atoms with E-state index in [2.05, 4.69) is 6.07 Å². The molecular weight excluding hydrogens is 442 g/mol. The summed E-state index contributed by atoms with van der Waals surface area (Å²) in [6, 6.07) is 15.2. The molecule has 1 saturated heterocycles. The smallest absolute Gasteiger partial charge is 0.253 e. The number of sulfonamides is 1. The molecule has 2 aliphatic rings. The van der Waals surface area contributed by atoms with Gasteiger partial charge in [0.05, 0.1) is 35.8 Å². The van der Waals surface area contributed by atoms with Gasteiger partial charge in [0.25, 0.3) is 10.0 Å². The Morgan fingerprint density at radius 2 is 1.73 bits per heavy atom. The predicted octanol–water partition coefficient (Wildman–Crippen LogP) is 4.11. The van der Waals surface area contributed by atoms with E-state index in [1.165, 1.54) is 3.71 Å². The van der Waals surface area contributed by atoms with Crippen molar-refractivity contribution < 1.29 is 13.2 Å². The van der Waals surface area contributed by atoms with Gasteiger partial charge in [-0.05, 0) is 48.7 Å². The molecule has 0 saturated carbocycles. The molecule has 30 heavy (non-hydrogen) atoms. The summed E-state index contributed by atoms with van der Waals surface area (Å²) in [5, 5.41) is 11.2. The molecule has 2 aromatic carbocycles. The maximum atomic E-state index is 13.6. The summed E-state index contributed by atoms with van der Waals surface area (Å²) in [6.45, 7) is 4.21. The first-order valence-corrected chi connectivity index (χ1v) is 12.0. The van der Waals surface area contributed by atoms with Crippen LogP contribution in [0.3, 0.4) is 0 Å². The number of ether oxygens (including phenoxy) is 1. The molecule has 4 rings (SSSR count). The van der Waals surface area contributed by atoms with Crippen molar-refractivity contribution >= 4 is 33.6 Å². The Morgan fingerprint density at radius 3 is 2.33 bits per heavy atom. The van der Waals surface area contributed by atoms with Crippen molar-refractivity contribution in [2.45, 2.75) is 17.9 Å². The Bertz CT molecular complexity index is 1100. The minimum absolute atomic E-state index is 0.195. The van der Waals surface area contributed by atoms with Crippen LogP contribution in [-0.4, -0.2) is 43.3 Å². The molecule has 1 fully saturated rings. The van der Waals surface area contributed by atoms with Crippen LogP contribution in [0.15, 0.2) is 64.0 Å². The second kappa shape index (κ2) is 8.61. The van der Waals surface area contributed by atoms with E-state index >= 15 is 0 Å². The van der Waals surface area contributed by atoms with Gasteiger partial charge < -0.3 is 9.64 Å². The highest BCUT2D eigenvalue weighted by molar-refractivity contribution is 8.11. The summed E-state index contributed by atoms with van der Waals surface area (Å²) in [7, 11) is -3.86. The van der Waals surface area contributed by atoms with E-state index in [1.54, 1.807) is 48.5 Å². The molecule has 0 amide bonds. The summed E-state index contributed by atoms with van der Waals surface area (Å²) < 4.78 is 33.9. The molecule has 1 unspecified atom stereocenters. The van der Waals surface area contributed by atoms with E-state index in [0.717, 1.165) is 17.5 Å². The molecule has 6 nitrogen and oxygen atoms in total. The molecule has 2 aromatic rings. The van der Waals surface area contributed by atoms with Crippen LogP contribution in [0.2, 0.25) is 5.02 Å². The number of hydrogen-bond donors (Lipinski definition) is 0. The van der Waals surface area contributed by atoms with Crippen LogP contribution in [0.1, 0.15) is 17.2 Å². The molecular formula is C21H20ClN3O3S2. The molecule has 2 aliphatic heterocycles. The first-order chi connectivity index (χ1) is 14.4. The molecule has 9 heteroatoms. The fraction of sp³-hybridized carbons (Fsp3) is 0.286. The highest BCUT2D eigenvalue weighted by Gasteiger charge is 2.45. The van der Waals surface area contributed by atoms with Gasteiger partial charge in [0.1, 0.15) is 5.03 Å². The number of nitriles is 1. The van der Waals surface area contributed by atoms with Crippen LogP contribution in [0, 0.1) is 18.3 Å². The normalized spacial score (nSPS) is 20.4. The van der Waals surface area contributed by atoms with Crippen molar-refractivity contribution in [3.8, 4) is 6.07 Å². The average molecular weight is 462 g/mol. The zero-order valence-electron chi connectivity index (χ0n) is 16.3. The topological polar surface area (TPSA) is 73.6 Å². The maximum absolute atomic E-state index is 13.6. The molecule has 0 spiro atoms. The Kier molecular flexibility index (Phi) is 6.09. The summed E-state index contributed by atoms with van der Waals surface area (Å²) in [4.78, 5) is 2.22. The summed E-state index contributed by atoms with van der Waals surface area (Å²) >= 11 is 7.14. The fourth-order valence-electron chi connectivity index (χ4n) is 3.45. The van der Waals surface area contributed by atoms with E-state index < -0.39 is 16.1 Å². The van der Waals surface area contributed by atoms with E-state index in [-0.39, 0.29) is 4.90 Å². The first-order valence-electron chi connectivity index (χ1n) is 9.43. The van der Waals surface area contributed by atoms with Gasteiger partial charge in [0.15, 0.2) is 0 Å². The third kappa shape index (κ3) is 3.96. The lowest BCUT2D eigenvalue weighted by atomic mass is 10.0. The highest BCUT2D eigenvalue weighted by atomic mass is 35.5. The first kappa shape index (κ1) is 21.2. The third-order valence-electron chi connectivity index (χ3n) is 5.05. The van der Waals surface area contributed by atoms with E-state index in [9.17, 15) is 13.7 Å². The highest BCUT2D eigenvalue weighted by Crippen LogP contribution is 2.50. The number of halogens is 1. The quantitative estimate of drug-likeness (QED) is 0.638. The largest absolute Gasteiger partial charge is 0.378 e. The van der Waals surface area contributed by atoms with Crippen molar-refractivity contribution in [1.82, 2.24) is 8.61 Å². The van der Waals surface area contributed by atoms with Gasteiger partial charge in [0.2, 0.25) is 0 Å². The van der Waals surface area contributed by atoms with E-state index in [4.69, 9.17) is 16.3 Å². The molecule has 156 valence electrons. The standard InChI is InChI=1S/C21H20ClN3O3S2/c1-15-2-8-18(9-3-15)30(26,27)25-20(16-4-6-17(22)7-5-16)19(14-23)21(29-25)24-10-12-28-13-11-24/h2-9,20H,10-13H2,1H3. The second-order valence-corrected chi connectivity index (χ2v) is 10.5. The average Bonchev–Trinajstić information content (AvgIpc) is 3.16. The van der Waals surface area contributed by atoms with Crippen molar-refractivity contribution in [3.63, 3.8) is 0 Å². The zero-order chi connectivity index (χ0) is 21.3. The molecule has 0 aliphatic carbocycles. The molecule has 0 bridgehead atoms. The fourth-order valence-corrected chi connectivity index (χ4v) is 6.69. The molecule has 0 N–H and O–H groups in total. The Hall–Kier alpha value is -2.02. The van der Waals surface area contributed by atoms with Crippen LogP contribution < -0.4 is 0 Å². The third-order valence-corrected chi connectivity index (χ3v) is 8.71. The number of nitrogens with zero attached hydrogens (tertiary/aromatic N) is 3. The van der Waals surface area contributed by atoms with Crippen LogP contribution in [0.5, 0.6) is 0 Å². The minimum atomic E-state index is -3.86. The minimum Gasteiger partial charge on any atom is -0.378 e. The molecule has 0 radical (unpaired) electrons. The predicted molar refractivity (Wildman–Crippen MR) is 117 cm³/mol. The molecule has 0 aromatic heterocycles. The number of morpholine rings is 1. The van der Waals surface area contributed by atoms with Crippen LogP contribution in [-0.2, 0) is 14.8 Å². The number of rotatable bonds is 4.